The van der Waals surface area contributed by atoms with Gasteiger partial charge in [0.25, 0.3) is 0 Å². The molecule has 0 unspecified atom stereocenters. The predicted octanol–water partition coefficient (Wildman–Crippen LogP) is 1.89. The second-order valence-electron chi connectivity index (χ2n) is 10.7. The Hall–Kier alpha value is -3.77. The zero-order chi connectivity index (χ0) is 28.2. The van der Waals surface area contributed by atoms with Crippen molar-refractivity contribution in [3.05, 3.63) is 59.8 Å². The fraction of sp³-hybridized carbons (Fsp3) is 0.433. The minimum Gasteiger partial charge on any atom is -0.496 e. The maximum absolute atomic E-state index is 13.3. The number of nitrogens with zero attached hydrogens (tertiary/aromatic N) is 4. The topological polar surface area (TPSA) is 124 Å². The fourth-order valence-electron chi connectivity index (χ4n) is 5.85. The maximum Gasteiger partial charge on any atom is 0.237 e. The van der Waals surface area contributed by atoms with E-state index in [4.69, 9.17) is 14.5 Å². The zero-order valence-electron chi connectivity index (χ0n) is 23.3. The van der Waals surface area contributed by atoms with Crippen LogP contribution in [0.1, 0.15) is 17.5 Å². The van der Waals surface area contributed by atoms with Crippen molar-refractivity contribution in [1.82, 2.24) is 25.5 Å². The van der Waals surface area contributed by atoms with Gasteiger partial charge in [0.2, 0.25) is 11.9 Å². The Bertz CT molecular complexity index is 1380. The average Bonchev–Trinajstić information content (AvgIpc) is 3.37. The number of amides is 1. The molecule has 2 saturated heterocycles. The number of anilines is 3. The van der Waals surface area contributed by atoms with Crippen LogP contribution in [0.25, 0.3) is 11.3 Å². The van der Waals surface area contributed by atoms with Gasteiger partial charge in [-0.1, -0.05) is 0 Å². The van der Waals surface area contributed by atoms with Crippen molar-refractivity contribution in [2.75, 3.05) is 63.3 Å². The van der Waals surface area contributed by atoms with Gasteiger partial charge in [-0.2, -0.15) is 0 Å². The first kappa shape index (κ1) is 27.4. The highest BCUT2D eigenvalue weighted by Gasteiger charge is 2.36. The number of nitrogens with one attached hydrogen (secondary N) is 3. The zero-order valence-corrected chi connectivity index (χ0v) is 23.3. The SMILES string of the molecule is COc1ccc2cc1CNCCNC(=O)[C@@H]1C[C@@H](O)CN1Cc1cc(ccc1N1CCOCC1)Nc1nccc-2n1. The number of ether oxygens (including phenoxy) is 2. The van der Waals surface area contributed by atoms with Gasteiger partial charge in [0, 0.05) is 74.5 Å². The normalized spacial score (nSPS) is 22.0. The van der Waals surface area contributed by atoms with Gasteiger partial charge in [0.1, 0.15) is 5.75 Å². The summed E-state index contributed by atoms with van der Waals surface area (Å²) >= 11 is 0. The molecule has 0 aliphatic carbocycles. The number of rotatable bonds is 2. The lowest BCUT2D eigenvalue weighted by Gasteiger charge is -2.32. The second-order valence-corrected chi connectivity index (χ2v) is 10.7. The molecule has 1 amide bonds. The number of methoxy groups -OCH3 is 1. The average molecular weight is 560 g/mol. The van der Waals surface area contributed by atoms with Crippen LogP contribution in [0, 0.1) is 0 Å². The summed E-state index contributed by atoms with van der Waals surface area (Å²) in [6.45, 7) is 5.58. The van der Waals surface area contributed by atoms with Gasteiger partial charge >= 0.3 is 0 Å². The number of aliphatic hydroxyl groups is 1. The monoisotopic (exact) mass is 559 g/mol. The summed E-state index contributed by atoms with van der Waals surface area (Å²) in [4.78, 5) is 27.0. The summed E-state index contributed by atoms with van der Waals surface area (Å²) in [5, 5.41) is 20.4. The Morgan fingerprint density at radius 2 is 1.95 bits per heavy atom. The van der Waals surface area contributed by atoms with E-state index < -0.39 is 12.1 Å². The third kappa shape index (κ3) is 6.28. The summed E-state index contributed by atoms with van der Waals surface area (Å²) in [7, 11) is 1.66. The molecule has 0 saturated carbocycles. The molecule has 1 aromatic heterocycles. The minimum absolute atomic E-state index is 0.0625. The third-order valence-corrected chi connectivity index (χ3v) is 7.89. The van der Waals surface area contributed by atoms with Crippen LogP contribution in [-0.2, 0) is 22.6 Å². The molecule has 4 heterocycles. The highest BCUT2D eigenvalue weighted by molar-refractivity contribution is 5.82. The van der Waals surface area contributed by atoms with Crippen molar-refractivity contribution in [1.29, 1.82) is 0 Å². The number of carbonyl (C=O) groups is 1. The van der Waals surface area contributed by atoms with Gasteiger partial charge in [-0.05, 0) is 54.4 Å². The molecule has 41 heavy (non-hydrogen) atoms. The molecule has 6 rings (SSSR count). The number of morpholine rings is 1. The number of aromatic nitrogens is 2. The van der Waals surface area contributed by atoms with Crippen LogP contribution < -0.4 is 25.6 Å². The molecule has 3 aliphatic heterocycles. The van der Waals surface area contributed by atoms with Crippen molar-refractivity contribution in [2.45, 2.75) is 31.7 Å². The highest BCUT2D eigenvalue weighted by Crippen LogP contribution is 2.31. The van der Waals surface area contributed by atoms with E-state index in [-0.39, 0.29) is 5.91 Å². The van der Waals surface area contributed by atoms with E-state index in [1.165, 1.54) is 0 Å². The molecule has 2 aromatic carbocycles. The van der Waals surface area contributed by atoms with E-state index in [9.17, 15) is 9.90 Å². The Morgan fingerprint density at radius 1 is 1.07 bits per heavy atom. The van der Waals surface area contributed by atoms with Crippen molar-refractivity contribution in [3.8, 4) is 17.0 Å². The van der Waals surface area contributed by atoms with E-state index in [1.807, 2.05) is 24.3 Å². The summed E-state index contributed by atoms with van der Waals surface area (Å²) in [6, 6.07) is 13.7. The van der Waals surface area contributed by atoms with E-state index in [2.05, 4.69) is 48.9 Å². The van der Waals surface area contributed by atoms with Gasteiger partial charge in [0.15, 0.2) is 0 Å². The largest absolute Gasteiger partial charge is 0.496 e. The quantitative estimate of drug-likeness (QED) is 0.370. The molecule has 2 fully saturated rings. The van der Waals surface area contributed by atoms with Crippen molar-refractivity contribution < 1.29 is 19.4 Å². The van der Waals surface area contributed by atoms with Crippen LogP contribution in [0.4, 0.5) is 17.3 Å². The van der Waals surface area contributed by atoms with Crippen molar-refractivity contribution in [2.24, 2.45) is 0 Å². The highest BCUT2D eigenvalue weighted by atomic mass is 16.5. The summed E-state index contributed by atoms with van der Waals surface area (Å²) in [5.41, 5.74) is 5.79. The van der Waals surface area contributed by atoms with E-state index >= 15 is 0 Å². The van der Waals surface area contributed by atoms with Crippen LogP contribution >= 0.6 is 0 Å². The van der Waals surface area contributed by atoms with Gasteiger partial charge in [-0.25, -0.2) is 9.97 Å². The predicted molar refractivity (Wildman–Crippen MR) is 156 cm³/mol. The molecule has 2 atom stereocenters. The lowest BCUT2D eigenvalue weighted by atomic mass is 10.1. The standard InChI is InChI=1S/C30H37N7O4/c1-40-28-5-2-20-14-21(28)17-31-8-9-32-29(39)27-16-24(38)19-37(27)18-22-15-23(34-30-33-7-6-25(20)35-30)3-4-26(22)36-10-12-41-13-11-36/h2-7,14-15,24,27,31,38H,8-13,16-19H2,1H3,(H,32,39)(H,33,34,35)/t24-,27+/m1/s1. The van der Waals surface area contributed by atoms with Gasteiger partial charge in [0.05, 0.1) is 38.2 Å². The van der Waals surface area contributed by atoms with Crippen LogP contribution in [0.5, 0.6) is 5.75 Å². The number of fused-ring (bicyclic) bond motifs is 8. The molecule has 4 N–H and O–H groups in total. The Labute approximate surface area is 239 Å². The number of benzene rings is 2. The Kier molecular flexibility index (Phi) is 8.28. The molecular weight excluding hydrogens is 522 g/mol. The van der Waals surface area contributed by atoms with Gasteiger partial charge in [-0.15, -0.1) is 0 Å². The Balaban J connectivity index is 1.37. The summed E-state index contributed by atoms with van der Waals surface area (Å²) in [6.07, 6.45) is 1.62. The number of hydrogen-bond acceptors (Lipinski definition) is 10. The van der Waals surface area contributed by atoms with Gasteiger partial charge in [-0.3, -0.25) is 9.69 Å². The van der Waals surface area contributed by atoms with E-state index in [0.29, 0.717) is 58.3 Å². The molecule has 0 radical (unpaired) electrons. The smallest absolute Gasteiger partial charge is 0.237 e. The summed E-state index contributed by atoms with van der Waals surface area (Å²) < 4.78 is 11.2. The second kappa shape index (κ2) is 12.4. The van der Waals surface area contributed by atoms with Crippen molar-refractivity contribution >= 4 is 23.2 Å². The van der Waals surface area contributed by atoms with Crippen LogP contribution in [0.15, 0.2) is 48.7 Å². The van der Waals surface area contributed by atoms with Gasteiger partial charge < -0.3 is 35.4 Å². The summed E-state index contributed by atoms with van der Waals surface area (Å²) in [5.74, 6) is 1.22. The molecule has 11 nitrogen and oxygen atoms in total. The molecule has 3 aromatic rings. The molecule has 11 heteroatoms. The first-order chi connectivity index (χ1) is 20.1. The minimum atomic E-state index is -0.550. The molecule has 0 spiro atoms. The molecule has 6 bridgehead atoms. The van der Waals surface area contributed by atoms with Crippen LogP contribution in [0.3, 0.4) is 0 Å². The maximum atomic E-state index is 13.3. The first-order valence-electron chi connectivity index (χ1n) is 14.2. The number of hydrogen-bond donors (Lipinski definition) is 4. The van der Waals surface area contributed by atoms with E-state index in [1.54, 1.807) is 13.3 Å². The van der Waals surface area contributed by atoms with Crippen LogP contribution in [-0.4, -0.2) is 91.1 Å². The Morgan fingerprint density at radius 3 is 2.80 bits per heavy atom. The molecular formula is C30H37N7O4. The van der Waals surface area contributed by atoms with Crippen molar-refractivity contribution in [3.63, 3.8) is 0 Å². The lowest BCUT2D eigenvalue weighted by Crippen LogP contribution is -2.45. The van der Waals surface area contributed by atoms with Crippen LogP contribution in [0.2, 0.25) is 0 Å². The fourth-order valence-corrected chi connectivity index (χ4v) is 5.85. The molecule has 3 aliphatic rings. The lowest BCUT2D eigenvalue weighted by molar-refractivity contribution is -0.125. The number of carbonyl (C=O) groups excluding carboxylic acids is 1. The first-order valence-corrected chi connectivity index (χ1v) is 14.2. The number of aliphatic hydroxyl groups excluding tert-OH is 1. The third-order valence-electron chi connectivity index (χ3n) is 7.89. The molecule has 216 valence electrons. The van der Waals surface area contributed by atoms with E-state index in [0.717, 1.165) is 52.6 Å².